The van der Waals surface area contributed by atoms with Crippen LogP contribution >= 0.6 is 11.8 Å². The summed E-state index contributed by atoms with van der Waals surface area (Å²) in [6, 6.07) is 8.69. The first-order valence-electron chi connectivity index (χ1n) is 10.7. The molecule has 2 aromatic rings. The van der Waals surface area contributed by atoms with Crippen molar-refractivity contribution in [1.82, 2.24) is 19.7 Å². The van der Waals surface area contributed by atoms with Gasteiger partial charge in [0, 0.05) is 18.6 Å². The Morgan fingerprint density at radius 3 is 2.57 bits per heavy atom. The van der Waals surface area contributed by atoms with Crippen LogP contribution in [-0.2, 0) is 24.4 Å². The number of hydrogen-bond acceptors (Lipinski definition) is 5. The molecule has 1 amide bonds. The number of carbonyl (C=O) groups is 1. The second-order valence-corrected chi connectivity index (χ2v) is 8.75. The van der Waals surface area contributed by atoms with E-state index in [4.69, 9.17) is 4.74 Å². The van der Waals surface area contributed by atoms with Crippen LogP contribution in [-0.4, -0.2) is 43.4 Å². The Morgan fingerprint density at radius 2 is 1.93 bits per heavy atom. The van der Waals surface area contributed by atoms with Gasteiger partial charge in [-0.15, -0.1) is 16.8 Å². The highest BCUT2D eigenvalue weighted by Gasteiger charge is 2.29. The summed E-state index contributed by atoms with van der Waals surface area (Å²) < 4.78 is 7.87. The monoisotopic (exact) mass is 428 g/mol. The minimum Gasteiger partial charge on any atom is -0.486 e. The van der Waals surface area contributed by atoms with E-state index in [0.29, 0.717) is 31.0 Å². The number of piperidine rings is 1. The molecular formula is C23H32N4O2S. The molecule has 6 nitrogen and oxygen atoms in total. The zero-order valence-corrected chi connectivity index (χ0v) is 19.0. The molecule has 1 aliphatic heterocycles. The van der Waals surface area contributed by atoms with Gasteiger partial charge in [0.25, 0.3) is 0 Å². The summed E-state index contributed by atoms with van der Waals surface area (Å²) in [6.45, 7) is 11.1. The zero-order chi connectivity index (χ0) is 21.5. The highest BCUT2D eigenvalue weighted by molar-refractivity contribution is 7.99. The van der Waals surface area contributed by atoms with Gasteiger partial charge in [0.2, 0.25) is 5.91 Å². The lowest BCUT2D eigenvalue weighted by molar-refractivity contribution is -0.134. The second kappa shape index (κ2) is 10.7. The van der Waals surface area contributed by atoms with Crippen molar-refractivity contribution in [1.29, 1.82) is 0 Å². The van der Waals surface area contributed by atoms with Crippen molar-refractivity contribution < 1.29 is 9.53 Å². The summed E-state index contributed by atoms with van der Waals surface area (Å²) >= 11 is 1.44. The Morgan fingerprint density at radius 1 is 1.23 bits per heavy atom. The van der Waals surface area contributed by atoms with Crippen LogP contribution < -0.4 is 4.74 Å². The number of carbonyl (C=O) groups excluding carboxylic acids is 1. The lowest BCUT2D eigenvalue weighted by Gasteiger charge is -2.39. The van der Waals surface area contributed by atoms with E-state index in [2.05, 4.69) is 49.7 Å². The van der Waals surface area contributed by atoms with Crippen molar-refractivity contribution in [2.24, 2.45) is 0 Å². The minimum absolute atomic E-state index is 0.168. The zero-order valence-electron chi connectivity index (χ0n) is 18.2. The molecule has 2 heterocycles. The van der Waals surface area contributed by atoms with Gasteiger partial charge in [-0.25, -0.2) is 0 Å². The minimum atomic E-state index is 0.168. The van der Waals surface area contributed by atoms with Gasteiger partial charge in [0.15, 0.2) is 11.0 Å². The normalized spacial score (nSPS) is 19.0. The van der Waals surface area contributed by atoms with E-state index in [9.17, 15) is 4.79 Å². The molecule has 1 saturated heterocycles. The number of aromatic nitrogens is 3. The molecule has 0 N–H and O–H groups in total. The molecule has 3 rings (SSSR count). The Hall–Kier alpha value is -2.28. The standard InChI is InChI=1S/C23H32N4O2S/c1-5-14-26-21(15-29-20-12-10-19(6-2)11-13-20)24-25-23(26)30-16-22(28)27-17(3)8-7-9-18(27)4/h5,10-13,17-18H,1,6-9,14-16H2,2-4H3/t17-,18-/m1/s1. The number of amides is 1. The molecule has 1 aromatic heterocycles. The number of likely N-dealkylation sites (tertiary alicyclic amines) is 1. The number of ether oxygens (including phenoxy) is 1. The molecule has 7 heteroatoms. The highest BCUT2D eigenvalue weighted by Crippen LogP contribution is 2.25. The summed E-state index contributed by atoms with van der Waals surface area (Å²) in [4.78, 5) is 14.9. The summed E-state index contributed by atoms with van der Waals surface area (Å²) in [7, 11) is 0. The molecule has 0 radical (unpaired) electrons. The first-order valence-corrected chi connectivity index (χ1v) is 11.7. The van der Waals surface area contributed by atoms with E-state index in [1.807, 2.05) is 27.7 Å². The van der Waals surface area contributed by atoms with Gasteiger partial charge < -0.3 is 9.64 Å². The average Bonchev–Trinajstić information content (AvgIpc) is 3.13. The maximum atomic E-state index is 12.8. The molecule has 1 fully saturated rings. The van der Waals surface area contributed by atoms with E-state index in [-0.39, 0.29) is 5.91 Å². The number of thioether (sulfide) groups is 1. The number of allylic oxidation sites excluding steroid dienone is 1. The van der Waals surface area contributed by atoms with E-state index in [1.165, 1.54) is 23.7 Å². The average molecular weight is 429 g/mol. The SMILES string of the molecule is C=CCn1c(COc2ccc(CC)cc2)nnc1SCC(=O)N1[C@H](C)CCC[C@H]1C. The molecule has 0 aliphatic carbocycles. The summed E-state index contributed by atoms with van der Waals surface area (Å²) in [5.74, 6) is 2.06. The lowest BCUT2D eigenvalue weighted by atomic mass is 9.98. The van der Waals surface area contributed by atoms with Crippen LogP contribution in [0.15, 0.2) is 42.1 Å². The van der Waals surface area contributed by atoms with Crippen molar-refractivity contribution >= 4 is 17.7 Å². The van der Waals surface area contributed by atoms with Crippen molar-refractivity contribution in [2.75, 3.05) is 5.75 Å². The Kier molecular flexibility index (Phi) is 7.96. The van der Waals surface area contributed by atoms with E-state index >= 15 is 0 Å². The van der Waals surface area contributed by atoms with Crippen LogP contribution in [0, 0.1) is 0 Å². The van der Waals surface area contributed by atoms with Gasteiger partial charge in [-0.2, -0.15) is 0 Å². The summed E-state index contributed by atoms with van der Waals surface area (Å²) in [5, 5.41) is 9.33. The first-order chi connectivity index (χ1) is 14.5. The fourth-order valence-corrected chi connectivity index (χ4v) is 4.76. The molecule has 162 valence electrons. The van der Waals surface area contributed by atoms with Gasteiger partial charge in [-0.1, -0.05) is 36.9 Å². The number of hydrogen-bond donors (Lipinski definition) is 0. The van der Waals surface area contributed by atoms with Crippen LogP contribution in [0.4, 0.5) is 0 Å². The van der Waals surface area contributed by atoms with Crippen LogP contribution in [0.1, 0.15) is 51.4 Å². The largest absolute Gasteiger partial charge is 0.486 e. The number of aryl methyl sites for hydroxylation is 1. The van der Waals surface area contributed by atoms with Crippen LogP contribution in [0.25, 0.3) is 0 Å². The Bertz CT molecular complexity index is 839. The third kappa shape index (κ3) is 5.45. The van der Waals surface area contributed by atoms with Crippen molar-refractivity contribution in [3.8, 4) is 5.75 Å². The molecule has 0 unspecified atom stereocenters. The topological polar surface area (TPSA) is 60.2 Å². The van der Waals surface area contributed by atoms with Crippen molar-refractivity contribution in [3.05, 3.63) is 48.3 Å². The van der Waals surface area contributed by atoms with Crippen LogP contribution in [0.2, 0.25) is 0 Å². The van der Waals surface area contributed by atoms with Gasteiger partial charge in [-0.3, -0.25) is 9.36 Å². The molecule has 1 aliphatic rings. The number of benzene rings is 1. The molecule has 30 heavy (non-hydrogen) atoms. The Balaban J connectivity index is 1.63. The molecule has 0 saturated carbocycles. The maximum Gasteiger partial charge on any atom is 0.233 e. The van der Waals surface area contributed by atoms with Crippen LogP contribution in [0.5, 0.6) is 5.75 Å². The highest BCUT2D eigenvalue weighted by atomic mass is 32.2. The first kappa shape index (κ1) is 22.4. The van der Waals surface area contributed by atoms with Gasteiger partial charge in [0.05, 0.1) is 5.75 Å². The van der Waals surface area contributed by atoms with Gasteiger partial charge >= 0.3 is 0 Å². The summed E-state index contributed by atoms with van der Waals surface area (Å²) in [5.41, 5.74) is 1.28. The third-order valence-corrected chi connectivity index (χ3v) is 6.56. The fraction of sp³-hybridized carbons (Fsp3) is 0.522. The molecule has 0 bridgehead atoms. The van der Waals surface area contributed by atoms with E-state index in [0.717, 1.165) is 36.0 Å². The van der Waals surface area contributed by atoms with E-state index < -0.39 is 0 Å². The smallest absolute Gasteiger partial charge is 0.233 e. The fourth-order valence-electron chi connectivity index (χ4n) is 3.93. The quantitative estimate of drug-likeness (QED) is 0.435. The Labute approximate surface area is 183 Å². The van der Waals surface area contributed by atoms with Crippen molar-refractivity contribution in [3.63, 3.8) is 0 Å². The summed E-state index contributed by atoms with van der Waals surface area (Å²) in [6.07, 6.45) is 6.16. The predicted octanol–water partition coefficient (Wildman–Crippen LogP) is 4.49. The maximum absolute atomic E-state index is 12.8. The molecule has 1 aromatic carbocycles. The number of rotatable bonds is 9. The molecule has 2 atom stereocenters. The van der Waals surface area contributed by atoms with Crippen molar-refractivity contribution in [2.45, 2.75) is 76.8 Å². The van der Waals surface area contributed by atoms with Gasteiger partial charge in [0.1, 0.15) is 12.4 Å². The number of nitrogens with zero attached hydrogens (tertiary/aromatic N) is 4. The van der Waals surface area contributed by atoms with Crippen LogP contribution in [0.3, 0.4) is 0 Å². The van der Waals surface area contributed by atoms with E-state index in [1.54, 1.807) is 0 Å². The second-order valence-electron chi connectivity index (χ2n) is 7.80. The lowest BCUT2D eigenvalue weighted by Crippen LogP contribution is -2.48. The third-order valence-electron chi connectivity index (χ3n) is 5.61. The predicted molar refractivity (Wildman–Crippen MR) is 121 cm³/mol. The molecular weight excluding hydrogens is 396 g/mol. The molecule has 0 spiro atoms. The van der Waals surface area contributed by atoms with Gasteiger partial charge in [-0.05, 0) is 57.2 Å².